The van der Waals surface area contributed by atoms with Crippen LogP contribution in [0.15, 0.2) is 36.4 Å². The molecular formula is C16H19N. The minimum Gasteiger partial charge on any atom is -0.299 e. The lowest BCUT2D eigenvalue weighted by Gasteiger charge is -2.44. The van der Waals surface area contributed by atoms with E-state index >= 15 is 0 Å². The van der Waals surface area contributed by atoms with Crippen LogP contribution >= 0.6 is 0 Å². The molecule has 0 atom stereocenters. The zero-order chi connectivity index (χ0) is 12.3. The van der Waals surface area contributed by atoms with Crippen molar-refractivity contribution in [3.8, 4) is 0 Å². The van der Waals surface area contributed by atoms with Crippen molar-refractivity contribution in [1.82, 2.24) is 5.32 Å². The van der Waals surface area contributed by atoms with Crippen molar-refractivity contribution in [2.75, 3.05) is 0 Å². The summed E-state index contributed by atoms with van der Waals surface area (Å²) in [6.07, 6.45) is 0. The fourth-order valence-corrected chi connectivity index (χ4v) is 3.30. The van der Waals surface area contributed by atoms with Crippen LogP contribution in [-0.4, -0.2) is 0 Å². The van der Waals surface area contributed by atoms with Crippen molar-refractivity contribution in [3.63, 3.8) is 0 Å². The van der Waals surface area contributed by atoms with E-state index in [4.69, 9.17) is 0 Å². The predicted octanol–water partition coefficient (Wildman–Crippen LogP) is 3.91. The Morgan fingerprint density at radius 3 is 1.71 bits per heavy atom. The molecule has 1 heteroatoms. The molecule has 3 rings (SSSR count). The van der Waals surface area contributed by atoms with E-state index in [1.807, 2.05) is 0 Å². The molecule has 1 heterocycles. The third-order valence-corrected chi connectivity index (χ3v) is 3.88. The number of nitrogens with one attached hydrogen (secondary N) is 1. The van der Waals surface area contributed by atoms with Gasteiger partial charge in [-0.05, 0) is 49.6 Å². The summed E-state index contributed by atoms with van der Waals surface area (Å²) in [6.45, 7) is 9.05. The Labute approximate surface area is 103 Å². The first-order valence-electron chi connectivity index (χ1n) is 6.24. The minimum atomic E-state index is 0.0252. The third-order valence-electron chi connectivity index (χ3n) is 3.88. The van der Waals surface area contributed by atoms with E-state index in [9.17, 15) is 0 Å². The van der Waals surface area contributed by atoms with Gasteiger partial charge in [0.1, 0.15) is 0 Å². The van der Waals surface area contributed by atoms with Gasteiger partial charge in [0.25, 0.3) is 0 Å². The average Bonchev–Trinajstić information content (AvgIpc) is 2.24. The number of hydrogen-bond donors (Lipinski definition) is 1. The Morgan fingerprint density at radius 2 is 1.24 bits per heavy atom. The summed E-state index contributed by atoms with van der Waals surface area (Å²) in [6, 6.07) is 13.2. The predicted molar refractivity (Wildman–Crippen MR) is 73.1 cm³/mol. The average molecular weight is 225 g/mol. The highest BCUT2D eigenvalue weighted by Crippen LogP contribution is 2.41. The maximum absolute atomic E-state index is 3.75. The molecule has 2 aromatic carbocycles. The van der Waals surface area contributed by atoms with Gasteiger partial charge in [0.15, 0.2) is 0 Å². The summed E-state index contributed by atoms with van der Waals surface area (Å²) in [4.78, 5) is 0. The van der Waals surface area contributed by atoms with Gasteiger partial charge < -0.3 is 0 Å². The van der Waals surface area contributed by atoms with Gasteiger partial charge in [-0.3, -0.25) is 5.32 Å². The van der Waals surface area contributed by atoms with E-state index in [0.717, 1.165) is 0 Å². The number of rotatable bonds is 0. The first-order chi connectivity index (χ1) is 7.92. The highest BCUT2D eigenvalue weighted by atomic mass is 15.0. The van der Waals surface area contributed by atoms with E-state index in [1.54, 1.807) is 0 Å². The highest BCUT2D eigenvalue weighted by molar-refractivity contribution is 5.91. The topological polar surface area (TPSA) is 12.0 Å². The quantitative estimate of drug-likeness (QED) is 0.716. The normalized spacial score (nSPS) is 20.5. The SMILES string of the molecule is CC1(C)NC(C)(C)c2cccc3cccc1c23. The lowest BCUT2D eigenvalue weighted by molar-refractivity contribution is 0.264. The lowest BCUT2D eigenvalue weighted by Crippen LogP contribution is -2.51. The lowest BCUT2D eigenvalue weighted by atomic mass is 9.76. The van der Waals surface area contributed by atoms with E-state index in [1.165, 1.54) is 21.9 Å². The van der Waals surface area contributed by atoms with Gasteiger partial charge in [-0.15, -0.1) is 0 Å². The molecule has 1 aliphatic heterocycles. The molecule has 0 radical (unpaired) electrons. The summed E-state index contributed by atoms with van der Waals surface area (Å²) in [5.74, 6) is 0. The molecule has 88 valence electrons. The van der Waals surface area contributed by atoms with Crippen molar-refractivity contribution in [2.24, 2.45) is 0 Å². The van der Waals surface area contributed by atoms with Gasteiger partial charge in [-0.1, -0.05) is 36.4 Å². The summed E-state index contributed by atoms with van der Waals surface area (Å²) in [7, 11) is 0. The second-order valence-electron chi connectivity index (χ2n) is 6.08. The second kappa shape index (κ2) is 3.11. The Morgan fingerprint density at radius 1 is 0.765 bits per heavy atom. The van der Waals surface area contributed by atoms with Crippen molar-refractivity contribution in [3.05, 3.63) is 47.5 Å². The van der Waals surface area contributed by atoms with Crippen LogP contribution in [0.2, 0.25) is 0 Å². The van der Waals surface area contributed by atoms with Gasteiger partial charge in [-0.2, -0.15) is 0 Å². The van der Waals surface area contributed by atoms with Crippen LogP contribution in [0.1, 0.15) is 38.8 Å². The Bertz CT molecular complexity index is 545. The van der Waals surface area contributed by atoms with Crippen LogP contribution in [0.5, 0.6) is 0 Å². The Kier molecular flexibility index (Phi) is 1.97. The van der Waals surface area contributed by atoms with Gasteiger partial charge >= 0.3 is 0 Å². The third kappa shape index (κ3) is 1.42. The smallest absolute Gasteiger partial charge is 0.0391 e. The number of hydrogen-bond acceptors (Lipinski definition) is 1. The Hall–Kier alpha value is -1.34. The molecule has 17 heavy (non-hydrogen) atoms. The second-order valence-corrected chi connectivity index (χ2v) is 6.08. The molecular weight excluding hydrogens is 206 g/mol. The van der Waals surface area contributed by atoms with Crippen LogP contribution < -0.4 is 5.32 Å². The van der Waals surface area contributed by atoms with Crippen LogP contribution in [0.4, 0.5) is 0 Å². The molecule has 1 N–H and O–H groups in total. The van der Waals surface area contributed by atoms with E-state index in [2.05, 4.69) is 69.4 Å². The van der Waals surface area contributed by atoms with Crippen molar-refractivity contribution in [1.29, 1.82) is 0 Å². The van der Waals surface area contributed by atoms with Crippen LogP contribution in [0.25, 0.3) is 10.8 Å². The maximum Gasteiger partial charge on any atom is 0.0391 e. The molecule has 0 fully saturated rings. The van der Waals surface area contributed by atoms with Gasteiger partial charge in [-0.25, -0.2) is 0 Å². The zero-order valence-electron chi connectivity index (χ0n) is 11.0. The van der Waals surface area contributed by atoms with Gasteiger partial charge in [0.2, 0.25) is 0 Å². The Balaban J connectivity index is 2.50. The fraction of sp³-hybridized carbons (Fsp3) is 0.375. The molecule has 1 nitrogen and oxygen atoms in total. The van der Waals surface area contributed by atoms with E-state index in [0.29, 0.717) is 0 Å². The molecule has 2 aromatic rings. The maximum atomic E-state index is 3.75. The van der Waals surface area contributed by atoms with E-state index in [-0.39, 0.29) is 11.1 Å². The first-order valence-corrected chi connectivity index (χ1v) is 6.24. The molecule has 0 aromatic heterocycles. The zero-order valence-corrected chi connectivity index (χ0v) is 11.0. The van der Waals surface area contributed by atoms with Crippen molar-refractivity contribution < 1.29 is 0 Å². The standard InChI is InChI=1S/C16H19N/c1-15(2)12-9-5-7-11-8-6-10-13(14(11)12)16(3,4)17-15/h5-10,17H,1-4H3. The monoisotopic (exact) mass is 225 g/mol. The summed E-state index contributed by atoms with van der Waals surface area (Å²) < 4.78 is 0. The molecule has 1 aliphatic rings. The molecule has 0 unspecified atom stereocenters. The van der Waals surface area contributed by atoms with Gasteiger partial charge in [0.05, 0.1) is 0 Å². The van der Waals surface area contributed by atoms with Crippen LogP contribution in [0.3, 0.4) is 0 Å². The molecule has 0 bridgehead atoms. The minimum absolute atomic E-state index is 0.0252. The van der Waals surface area contributed by atoms with Crippen LogP contribution in [-0.2, 0) is 11.1 Å². The molecule has 0 saturated carbocycles. The summed E-state index contributed by atoms with van der Waals surface area (Å²) >= 11 is 0. The first kappa shape index (κ1) is 10.8. The molecule has 0 amide bonds. The fourth-order valence-electron chi connectivity index (χ4n) is 3.30. The van der Waals surface area contributed by atoms with Gasteiger partial charge in [0, 0.05) is 11.1 Å². The summed E-state index contributed by atoms with van der Waals surface area (Å²) in [5, 5.41) is 6.53. The van der Waals surface area contributed by atoms with Crippen LogP contribution in [0, 0.1) is 0 Å². The molecule has 0 saturated heterocycles. The molecule has 0 spiro atoms. The number of benzene rings is 2. The summed E-state index contributed by atoms with van der Waals surface area (Å²) in [5.41, 5.74) is 2.86. The highest BCUT2D eigenvalue weighted by Gasteiger charge is 2.37. The van der Waals surface area contributed by atoms with E-state index < -0.39 is 0 Å². The molecule has 0 aliphatic carbocycles. The largest absolute Gasteiger partial charge is 0.299 e. The van der Waals surface area contributed by atoms with Crippen molar-refractivity contribution in [2.45, 2.75) is 38.8 Å². The van der Waals surface area contributed by atoms with Crippen molar-refractivity contribution >= 4 is 10.8 Å².